The summed E-state index contributed by atoms with van der Waals surface area (Å²) >= 11 is 0. The van der Waals surface area contributed by atoms with E-state index in [-0.39, 0.29) is 0 Å². The van der Waals surface area contributed by atoms with Crippen molar-refractivity contribution < 1.29 is 0 Å². The summed E-state index contributed by atoms with van der Waals surface area (Å²) in [6, 6.07) is 74.0. The number of rotatable bonds is 7. The van der Waals surface area contributed by atoms with E-state index in [4.69, 9.17) is 0 Å². The quantitative estimate of drug-likeness (QED) is 0.169. The fourth-order valence-corrected chi connectivity index (χ4v) is 7.29. The summed E-state index contributed by atoms with van der Waals surface area (Å²) in [7, 11) is 0. The predicted octanol–water partition coefficient (Wildman–Crippen LogP) is 13.3. The van der Waals surface area contributed by atoms with Crippen LogP contribution in [0.25, 0.3) is 60.9 Å². The van der Waals surface area contributed by atoms with Crippen LogP contribution in [0.3, 0.4) is 0 Å². The lowest BCUT2D eigenvalue weighted by Crippen LogP contribution is -2.11. The van der Waals surface area contributed by atoms with Crippen molar-refractivity contribution in [2.24, 2.45) is 0 Å². The Morgan fingerprint density at radius 2 is 0.800 bits per heavy atom. The Morgan fingerprint density at radius 1 is 0.320 bits per heavy atom. The van der Waals surface area contributed by atoms with Gasteiger partial charge in [-0.2, -0.15) is 0 Å². The molecular formula is C48H34N2. The van der Waals surface area contributed by atoms with Gasteiger partial charge in [0.05, 0.1) is 16.7 Å². The summed E-state index contributed by atoms with van der Waals surface area (Å²) in [5, 5.41) is 2.49. The highest BCUT2D eigenvalue weighted by molar-refractivity contribution is 6.17. The van der Waals surface area contributed by atoms with Crippen molar-refractivity contribution >= 4 is 38.9 Å². The van der Waals surface area contributed by atoms with Crippen molar-refractivity contribution in [2.45, 2.75) is 0 Å². The summed E-state index contributed by atoms with van der Waals surface area (Å²) < 4.78 is 2.39. The molecule has 0 bridgehead atoms. The zero-order valence-electron chi connectivity index (χ0n) is 27.5. The molecule has 0 aliphatic heterocycles. The van der Waals surface area contributed by atoms with Gasteiger partial charge in [0.1, 0.15) is 0 Å². The Labute approximate surface area is 292 Å². The molecule has 0 unspecified atom stereocenters. The molecule has 8 aromatic carbocycles. The molecule has 0 aliphatic rings. The molecule has 2 nitrogen and oxygen atoms in total. The van der Waals surface area contributed by atoms with E-state index in [0.717, 1.165) is 22.7 Å². The van der Waals surface area contributed by atoms with Crippen LogP contribution in [-0.2, 0) is 0 Å². The maximum atomic E-state index is 2.39. The lowest BCUT2D eigenvalue weighted by molar-refractivity contribution is 1.18. The van der Waals surface area contributed by atoms with Gasteiger partial charge < -0.3 is 9.47 Å². The van der Waals surface area contributed by atoms with Crippen molar-refractivity contribution in [2.75, 3.05) is 4.90 Å². The molecule has 0 amide bonds. The standard InChI is InChI=1S/C48H34N2/c1-4-15-35(16-5-1)36-27-29-37(30-28-36)38-31-33-41(34-32-38)49(39-17-6-2-7-18-39)45-24-12-10-21-42(45)43-23-14-26-47-48(43)44-22-11-13-25-46(44)50(47)40-19-8-3-9-20-40/h1-34H. The van der Waals surface area contributed by atoms with Gasteiger partial charge in [0.15, 0.2) is 0 Å². The average Bonchev–Trinajstić information content (AvgIpc) is 3.54. The largest absolute Gasteiger partial charge is 0.310 e. The number of nitrogens with zero attached hydrogens (tertiary/aromatic N) is 2. The lowest BCUT2D eigenvalue weighted by Gasteiger charge is -2.28. The number of fused-ring (bicyclic) bond motifs is 3. The van der Waals surface area contributed by atoms with Crippen molar-refractivity contribution in [1.29, 1.82) is 0 Å². The first kappa shape index (κ1) is 29.5. The number of benzene rings is 8. The normalized spacial score (nSPS) is 11.2. The van der Waals surface area contributed by atoms with E-state index in [1.807, 2.05) is 0 Å². The van der Waals surface area contributed by atoms with Crippen LogP contribution in [0.2, 0.25) is 0 Å². The average molecular weight is 639 g/mol. The minimum atomic E-state index is 1.10. The third kappa shape index (κ3) is 5.24. The highest BCUT2D eigenvalue weighted by atomic mass is 15.1. The van der Waals surface area contributed by atoms with Crippen molar-refractivity contribution in [3.8, 4) is 39.1 Å². The van der Waals surface area contributed by atoms with E-state index in [9.17, 15) is 0 Å². The second kappa shape index (κ2) is 12.8. The number of aromatic nitrogens is 1. The van der Waals surface area contributed by atoms with Crippen LogP contribution in [0.1, 0.15) is 0 Å². The summed E-state index contributed by atoms with van der Waals surface area (Å²) in [5.41, 5.74) is 14.1. The van der Waals surface area contributed by atoms with Gasteiger partial charge in [-0.25, -0.2) is 0 Å². The molecule has 0 radical (unpaired) electrons. The molecule has 0 saturated carbocycles. The van der Waals surface area contributed by atoms with Gasteiger partial charge in [-0.1, -0.05) is 152 Å². The number of para-hydroxylation sites is 4. The van der Waals surface area contributed by atoms with E-state index in [0.29, 0.717) is 0 Å². The molecule has 0 aliphatic carbocycles. The van der Waals surface area contributed by atoms with Gasteiger partial charge in [0.2, 0.25) is 0 Å². The molecule has 9 rings (SSSR count). The first-order valence-electron chi connectivity index (χ1n) is 17.1. The van der Waals surface area contributed by atoms with Crippen LogP contribution in [-0.4, -0.2) is 4.57 Å². The molecule has 9 aromatic rings. The maximum absolute atomic E-state index is 2.39. The number of hydrogen-bond acceptors (Lipinski definition) is 1. The van der Waals surface area contributed by atoms with E-state index >= 15 is 0 Å². The van der Waals surface area contributed by atoms with E-state index in [1.54, 1.807) is 0 Å². The van der Waals surface area contributed by atoms with Crippen LogP contribution in [0.5, 0.6) is 0 Å². The third-order valence-electron chi connectivity index (χ3n) is 9.61. The molecule has 0 saturated heterocycles. The second-order valence-electron chi connectivity index (χ2n) is 12.6. The summed E-state index contributed by atoms with van der Waals surface area (Å²) in [6.45, 7) is 0. The highest BCUT2D eigenvalue weighted by Gasteiger charge is 2.21. The first-order chi connectivity index (χ1) is 24.8. The monoisotopic (exact) mass is 638 g/mol. The van der Waals surface area contributed by atoms with Crippen LogP contribution in [0.4, 0.5) is 17.1 Å². The molecule has 2 heteroatoms. The molecule has 0 N–H and O–H groups in total. The van der Waals surface area contributed by atoms with E-state index < -0.39 is 0 Å². The van der Waals surface area contributed by atoms with Crippen molar-refractivity contribution in [1.82, 2.24) is 4.57 Å². The molecule has 50 heavy (non-hydrogen) atoms. The SMILES string of the molecule is c1ccc(-c2ccc(-c3ccc(N(c4ccccc4)c4ccccc4-c4cccc5c4c4ccccc4n5-c4ccccc4)cc3)cc2)cc1. The van der Waals surface area contributed by atoms with Crippen molar-refractivity contribution in [3.63, 3.8) is 0 Å². The summed E-state index contributed by atoms with van der Waals surface area (Å²) in [5.74, 6) is 0. The maximum Gasteiger partial charge on any atom is 0.0547 e. The Bertz CT molecular complexity index is 2550. The van der Waals surface area contributed by atoms with Crippen LogP contribution in [0.15, 0.2) is 206 Å². The second-order valence-corrected chi connectivity index (χ2v) is 12.6. The summed E-state index contributed by atoms with van der Waals surface area (Å²) in [6.07, 6.45) is 0. The minimum Gasteiger partial charge on any atom is -0.310 e. The van der Waals surface area contributed by atoms with Crippen molar-refractivity contribution in [3.05, 3.63) is 206 Å². The first-order valence-corrected chi connectivity index (χ1v) is 17.1. The predicted molar refractivity (Wildman–Crippen MR) is 212 cm³/mol. The Balaban J connectivity index is 1.18. The van der Waals surface area contributed by atoms with Crippen LogP contribution < -0.4 is 4.90 Å². The topological polar surface area (TPSA) is 8.17 Å². The zero-order chi connectivity index (χ0) is 33.3. The minimum absolute atomic E-state index is 1.10. The van der Waals surface area contributed by atoms with Gasteiger partial charge in [0, 0.05) is 33.4 Å². The molecular weight excluding hydrogens is 605 g/mol. The molecule has 1 heterocycles. The van der Waals surface area contributed by atoms with Gasteiger partial charge in [-0.3, -0.25) is 0 Å². The molecule has 0 fully saturated rings. The Morgan fingerprint density at radius 3 is 1.50 bits per heavy atom. The molecule has 0 spiro atoms. The van der Waals surface area contributed by atoms with Gasteiger partial charge in [-0.15, -0.1) is 0 Å². The van der Waals surface area contributed by atoms with Crippen LogP contribution in [0, 0.1) is 0 Å². The zero-order valence-corrected chi connectivity index (χ0v) is 27.5. The Kier molecular flexibility index (Phi) is 7.53. The highest BCUT2D eigenvalue weighted by Crippen LogP contribution is 2.45. The molecule has 0 atom stereocenters. The van der Waals surface area contributed by atoms with E-state index in [1.165, 1.54) is 55.2 Å². The van der Waals surface area contributed by atoms with Crippen LogP contribution >= 0.6 is 0 Å². The van der Waals surface area contributed by atoms with Gasteiger partial charge in [-0.05, 0) is 82.4 Å². The Hall–Kier alpha value is -6.64. The van der Waals surface area contributed by atoms with Gasteiger partial charge in [0.25, 0.3) is 0 Å². The fourth-order valence-electron chi connectivity index (χ4n) is 7.29. The smallest absolute Gasteiger partial charge is 0.0547 e. The van der Waals surface area contributed by atoms with E-state index in [2.05, 4.69) is 216 Å². The number of anilines is 3. The third-order valence-corrected chi connectivity index (χ3v) is 9.61. The fraction of sp³-hybridized carbons (Fsp3) is 0. The lowest BCUT2D eigenvalue weighted by atomic mass is 9.96. The summed E-state index contributed by atoms with van der Waals surface area (Å²) in [4.78, 5) is 2.38. The van der Waals surface area contributed by atoms with Gasteiger partial charge >= 0.3 is 0 Å². The molecule has 236 valence electrons. The number of hydrogen-bond donors (Lipinski definition) is 0. The molecule has 1 aromatic heterocycles.